The molecule has 1 aromatic carbocycles. The van der Waals surface area contributed by atoms with E-state index in [-0.39, 0.29) is 0 Å². The van der Waals surface area contributed by atoms with Gasteiger partial charge in [0.15, 0.2) is 0 Å². The van der Waals surface area contributed by atoms with Crippen LogP contribution in [0.5, 0.6) is 5.75 Å². The van der Waals surface area contributed by atoms with Crippen molar-refractivity contribution in [2.45, 2.75) is 32.7 Å². The summed E-state index contributed by atoms with van der Waals surface area (Å²) in [5, 5.41) is 9.95. The summed E-state index contributed by atoms with van der Waals surface area (Å²) in [6.07, 6.45) is 0.800. The Morgan fingerprint density at radius 2 is 2.00 bits per heavy atom. The van der Waals surface area contributed by atoms with Gasteiger partial charge in [-0.1, -0.05) is 22.9 Å². The van der Waals surface area contributed by atoms with Gasteiger partial charge in [0, 0.05) is 15.6 Å². The Labute approximate surface area is 93.3 Å². The van der Waals surface area contributed by atoms with Crippen molar-refractivity contribution in [2.24, 2.45) is 5.73 Å². The first-order valence-electron chi connectivity index (χ1n) is 4.67. The summed E-state index contributed by atoms with van der Waals surface area (Å²) in [6.45, 7) is 5.77. The number of aromatic hydroxyl groups is 1. The molecule has 0 spiro atoms. The lowest BCUT2D eigenvalue weighted by Gasteiger charge is -2.22. The molecule has 0 unspecified atom stereocenters. The molecule has 0 aliphatic carbocycles. The largest absolute Gasteiger partial charge is 0.507 e. The van der Waals surface area contributed by atoms with E-state index in [1.165, 1.54) is 0 Å². The van der Waals surface area contributed by atoms with Crippen molar-refractivity contribution >= 4 is 15.9 Å². The fourth-order valence-electron chi connectivity index (χ4n) is 1.42. The quantitative estimate of drug-likeness (QED) is 0.856. The molecule has 0 atom stereocenters. The van der Waals surface area contributed by atoms with Gasteiger partial charge in [-0.25, -0.2) is 0 Å². The van der Waals surface area contributed by atoms with Crippen LogP contribution < -0.4 is 5.73 Å². The fraction of sp³-hybridized carbons (Fsp3) is 0.455. The van der Waals surface area contributed by atoms with Crippen LogP contribution in [-0.4, -0.2) is 5.11 Å². The van der Waals surface area contributed by atoms with Crippen LogP contribution in [0, 0.1) is 0 Å². The molecule has 0 bridgehead atoms. The lowest BCUT2D eigenvalue weighted by atomic mass is 9.92. The molecule has 0 heterocycles. The van der Waals surface area contributed by atoms with Gasteiger partial charge in [0.1, 0.15) is 5.75 Å². The summed E-state index contributed by atoms with van der Waals surface area (Å²) in [6, 6.07) is 3.79. The van der Waals surface area contributed by atoms with Gasteiger partial charge in [-0.15, -0.1) is 0 Å². The Bertz CT molecular complexity index is 342. The maximum Gasteiger partial charge on any atom is 0.123 e. The topological polar surface area (TPSA) is 46.2 Å². The van der Waals surface area contributed by atoms with Crippen LogP contribution in [-0.2, 0) is 12.0 Å². The second kappa shape index (κ2) is 3.91. The van der Waals surface area contributed by atoms with Crippen molar-refractivity contribution in [3.63, 3.8) is 0 Å². The number of phenols is 1. The monoisotopic (exact) mass is 257 g/mol. The van der Waals surface area contributed by atoms with Gasteiger partial charge < -0.3 is 10.8 Å². The highest BCUT2D eigenvalue weighted by molar-refractivity contribution is 9.10. The second-order valence-electron chi connectivity index (χ2n) is 4.04. The van der Waals surface area contributed by atoms with E-state index in [1.807, 2.05) is 32.9 Å². The standard InChI is InChI=1S/C11H16BrNO/c1-4-7-5-8(12)6-9(10(7)14)11(2,3)13/h5-6,14H,4,13H2,1-3H3. The molecule has 78 valence electrons. The average Bonchev–Trinajstić information content (AvgIpc) is 2.06. The summed E-state index contributed by atoms with van der Waals surface area (Å²) < 4.78 is 0.959. The maximum atomic E-state index is 9.95. The Hall–Kier alpha value is -0.540. The molecule has 0 aliphatic heterocycles. The van der Waals surface area contributed by atoms with E-state index in [4.69, 9.17) is 5.73 Å². The number of halogens is 1. The summed E-state index contributed by atoms with van der Waals surface area (Å²) in [7, 11) is 0. The van der Waals surface area contributed by atoms with Crippen LogP contribution in [0.1, 0.15) is 31.9 Å². The molecular formula is C11H16BrNO. The number of aryl methyl sites for hydroxylation is 1. The van der Waals surface area contributed by atoms with Gasteiger partial charge in [0.25, 0.3) is 0 Å². The van der Waals surface area contributed by atoms with Crippen LogP contribution in [0.25, 0.3) is 0 Å². The second-order valence-corrected chi connectivity index (χ2v) is 4.95. The number of rotatable bonds is 2. The van der Waals surface area contributed by atoms with Gasteiger partial charge in [-0.3, -0.25) is 0 Å². The zero-order chi connectivity index (χ0) is 10.9. The van der Waals surface area contributed by atoms with Gasteiger partial charge in [-0.2, -0.15) is 0 Å². The Morgan fingerprint density at radius 1 is 1.43 bits per heavy atom. The molecule has 0 saturated heterocycles. The van der Waals surface area contributed by atoms with Crippen LogP contribution in [0.3, 0.4) is 0 Å². The average molecular weight is 258 g/mol. The van der Waals surface area contributed by atoms with Crippen molar-refractivity contribution in [1.29, 1.82) is 0 Å². The lowest BCUT2D eigenvalue weighted by Crippen LogP contribution is -2.28. The first-order chi connectivity index (χ1) is 6.36. The highest BCUT2D eigenvalue weighted by atomic mass is 79.9. The maximum absolute atomic E-state index is 9.95. The first kappa shape index (κ1) is 11.5. The van der Waals surface area contributed by atoms with Gasteiger partial charge in [-0.05, 0) is 38.0 Å². The smallest absolute Gasteiger partial charge is 0.123 e. The van der Waals surface area contributed by atoms with E-state index in [0.717, 1.165) is 22.0 Å². The zero-order valence-corrected chi connectivity index (χ0v) is 10.4. The molecule has 0 fully saturated rings. The molecule has 1 aromatic rings. The van der Waals surface area contributed by atoms with Gasteiger partial charge >= 0.3 is 0 Å². The highest BCUT2D eigenvalue weighted by Gasteiger charge is 2.20. The van der Waals surface area contributed by atoms with Crippen molar-refractivity contribution in [2.75, 3.05) is 0 Å². The number of benzene rings is 1. The predicted molar refractivity (Wildman–Crippen MR) is 62.4 cm³/mol. The van der Waals surface area contributed by atoms with E-state index in [1.54, 1.807) is 0 Å². The van der Waals surface area contributed by atoms with Crippen molar-refractivity contribution in [1.82, 2.24) is 0 Å². The minimum atomic E-state index is -0.516. The number of hydrogen-bond donors (Lipinski definition) is 2. The molecule has 14 heavy (non-hydrogen) atoms. The van der Waals surface area contributed by atoms with Crippen LogP contribution in [0.4, 0.5) is 0 Å². The molecule has 3 N–H and O–H groups in total. The van der Waals surface area contributed by atoms with E-state index in [9.17, 15) is 5.11 Å². The van der Waals surface area contributed by atoms with Crippen molar-refractivity contribution in [3.05, 3.63) is 27.7 Å². The third kappa shape index (κ3) is 2.28. The summed E-state index contributed by atoms with van der Waals surface area (Å²) in [5.74, 6) is 0.322. The molecule has 3 heteroatoms. The molecule has 2 nitrogen and oxygen atoms in total. The molecular weight excluding hydrogens is 242 g/mol. The molecule has 0 amide bonds. The zero-order valence-electron chi connectivity index (χ0n) is 8.76. The minimum Gasteiger partial charge on any atom is -0.507 e. The molecule has 0 aromatic heterocycles. The Morgan fingerprint density at radius 3 is 2.43 bits per heavy atom. The van der Waals surface area contributed by atoms with E-state index in [0.29, 0.717) is 5.75 Å². The Kier molecular flexibility index (Phi) is 3.22. The number of nitrogens with two attached hydrogens (primary N) is 1. The molecule has 1 rings (SSSR count). The van der Waals surface area contributed by atoms with Crippen LogP contribution >= 0.6 is 15.9 Å². The minimum absolute atomic E-state index is 0.322. The van der Waals surface area contributed by atoms with Crippen molar-refractivity contribution < 1.29 is 5.11 Å². The van der Waals surface area contributed by atoms with Gasteiger partial charge in [0.2, 0.25) is 0 Å². The fourth-order valence-corrected chi connectivity index (χ4v) is 1.92. The van der Waals surface area contributed by atoms with E-state index in [2.05, 4.69) is 15.9 Å². The summed E-state index contributed by atoms with van der Waals surface area (Å²) in [5.41, 5.74) is 7.16. The number of hydrogen-bond acceptors (Lipinski definition) is 2. The predicted octanol–water partition coefficient (Wildman–Crippen LogP) is 2.91. The normalized spacial score (nSPS) is 11.8. The molecule has 0 aliphatic rings. The Balaban J connectivity index is 3.37. The van der Waals surface area contributed by atoms with Crippen LogP contribution in [0.2, 0.25) is 0 Å². The van der Waals surface area contributed by atoms with Crippen LogP contribution in [0.15, 0.2) is 16.6 Å². The number of phenolic OH excluding ortho intramolecular Hbond substituents is 1. The highest BCUT2D eigenvalue weighted by Crippen LogP contribution is 2.33. The first-order valence-corrected chi connectivity index (χ1v) is 5.46. The third-order valence-electron chi connectivity index (χ3n) is 2.23. The molecule has 0 radical (unpaired) electrons. The van der Waals surface area contributed by atoms with E-state index >= 15 is 0 Å². The SMILES string of the molecule is CCc1cc(Br)cc(C(C)(C)N)c1O. The summed E-state index contributed by atoms with van der Waals surface area (Å²) >= 11 is 3.41. The van der Waals surface area contributed by atoms with E-state index < -0.39 is 5.54 Å². The third-order valence-corrected chi connectivity index (χ3v) is 2.69. The lowest BCUT2D eigenvalue weighted by molar-refractivity contribution is 0.434. The molecule has 0 saturated carbocycles. The summed E-state index contributed by atoms with van der Waals surface area (Å²) in [4.78, 5) is 0. The van der Waals surface area contributed by atoms with Crippen molar-refractivity contribution in [3.8, 4) is 5.75 Å². The van der Waals surface area contributed by atoms with Gasteiger partial charge in [0.05, 0.1) is 0 Å².